The SMILES string of the molecule is CCC#CCn1cc(N2Cc3cc(-c4cnc(OC)c(OC)c4)ccc3C2O)cn1. The first-order valence-corrected chi connectivity index (χ1v) is 9.78. The van der Waals surface area contributed by atoms with Crippen LogP contribution in [0.3, 0.4) is 0 Å². The van der Waals surface area contributed by atoms with Gasteiger partial charge in [0.15, 0.2) is 12.0 Å². The van der Waals surface area contributed by atoms with Crippen molar-refractivity contribution >= 4 is 5.69 Å². The maximum absolute atomic E-state index is 10.8. The molecule has 0 aliphatic carbocycles. The standard InChI is InChI=1S/C23H24N4O3/c1-4-5-6-9-26-15-19(13-25-26)27-14-18-10-16(7-8-20(18)23(27)28)17-11-21(29-2)22(30-3)24-12-17/h7-8,10-13,15,23,28H,4,9,14H2,1-3H3. The van der Waals surface area contributed by atoms with Crippen molar-refractivity contribution in [3.63, 3.8) is 0 Å². The van der Waals surface area contributed by atoms with E-state index >= 15 is 0 Å². The Hall–Kier alpha value is -3.50. The van der Waals surface area contributed by atoms with Crippen molar-refractivity contribution in [1.82, 2.24) is 14.8 Å². The third-order valence-electron chi connectivity index (χ3n) is 5.12. The normalized spacial score (nSPS) is 14.8. The van der Waals surface area contributed by atoms with Gasteiger partial charge in [0, 0.05) is 36.5 Å². The molecular formula is C23H24N4O3. The van der Waals surface area contributed by atoms with Crippen LogP contribution in [0.15, 0.2) is 42.9 Å². The van der Waals surface area contributed by atoms with Gasteiger partial charge in [-0.2, -0.15) is 5.10 Å². The molecule has 0 radical (unpaired) electrons. The number of hydrogen-bond acceptors (Lipinski definition) is 6. The molecule has 1 unspecified atom stereocenters. The second-order valence-corrected chi connectivity index (χ2v) is 6.95. The number of fused-ring (bicyclic) bond motifs is 1. The lowest BCUT2D eigenvalue weighted by Crippen LogP contribution is -2.20. The van der Waals surface area contributed by atoms with Crippen molar-refractivity contribution in [3.8, 4) is 34.6 Å². The summed E-state index contributed by atoms with van der Waals surface area (Å²) in [6, 6.07) is 7.93. The summed E-state index contributed by atoms with van der Waals surface area (Å²) in [6.07, 6.45) is 5.55. The highest BCUT2D eigenvalue weighted by Crippen LogP contribution is 2.38. The van der Waals surface area contributed by atoms with Gasteiger partial charge >= 0.3 is 0 Å². The number of hydrogen-bond donors (Lipinski definition) is 1. The molecular weight excluding hydrogens is 380 g/mol. The fourth-order valence-corrected chi connectivity index (χ4v) is 3.58. The molecule has 154 valence electrons. The van der Waals surface area contributed by atoms with E-state index < -0.39 is 6.23 Å². The highest BCUT2D eigenvalue weighted by molar-refractivity contribution is 5.68. The molecule has 1 aromatic carbocycles. The molecule has 1 aliphatic rings. The first kappa shape index (κ1) is 19.8. The van der Waals surface area contributed by atoms with Gasteiger partial charge in [0.25, 0.3) is 5.88 Å². The fourth-order valence-electron chi connectivity index (χ4n) is 3.58. The number of aromatic nitrogens is 3. The molecule has 1 N–H and O–H groups in total. The van der Waals surface area contributed by atoms with Crippen LogP contribution in [-0.2, 0) is 13.1 Å². The van der Waals surface area contributed by atoms with E-state index in [1.165, 1.54) is 0 Å². The molecule has 4 rings (SSSR count). The average Bonchev–Trinajstić information content (AvgIpc) is 3.37. The molecule has 0 bridgehead atoms. The molecule has 1 aliphatic heterocycles. The van der Waals surface area contributed by atoms with Crippen molar-refractivity contribution in [3.05, 3.63) is 54.0 Å². The summed E-state index contributed by atoms with van der Waals surface area (Å²) >= 11 is 0. The second-order valence-electron chi connectivity index (χ2n) is 6.95. The largest absolute Gasteiger partial charge is 0.491 e. The third-order valence-corrected chi connectivity index (χ3v) is 5.12. The number of ether oxygens (including phenoxy) is 2. The molecule has 0 spiro atoms. The highest BCUT2D eigenvalue weighted by atomic mass is 16.5. The maximum atomic E-state index is 10.8. The summed E-state index contributed by atoms with van der Waals surface area (Å²) in [5, 5.41) is 15.2. The van der Waals surface area contributed by atoms with Crippen LogP contribution in [0.5, 0.6) is 11.6 Å². The lowest BCUT2D eigenvalue weighted by Gasteiger charge is -2.20. The van der Waals surface area contributed by atoms with Gasteiger partial charge in [-0.15, -0.1) is 5.92 Å². The summed E-state index contributed by atoms with van der Waals surface area (Å²) < 4.78 is 12.4. The molecule has 30 heavy (non-hydrogen) atoms. The number of rotatable bonds is 5. The highest BCUT2D eigenvalue weighted by Gasteiger charge is 2.29. The zero-order valence-electron chi connectivity index (χ0n) is 17.3. The molecule has 2 aromatic heterocycles. The number of pyridine rings is 1. The fraction of sp³-hybridized carbons (Fsp3) is 0.304. The average molecular weight is 404 g/mol. The van der Waals surface area contributed by atoms with Gasteiger partial charge in [0.1, 0.15) is 6.54 Å². The van der Waals surface area contributed by atoms with E-state index in [9.17, 15) is 5.11 Å². The number of nitrogens with zero attached hydrogens (tertiary/aromatic N) is 4. The van der Waals surface area contributed by atoms with Crippen LogP contribution in [0.4, 0.5) is 5.69 Å². The Labute approximate surface area is 175 Å². The Morgan fingerprint density at radius 2 is 2.00 bits per heavy atom. The van der Waals surface area contributed by atoms with Crippen LogP contribution in [0.25, 0.3) is 11.1 Å². The van der Waals surface area contributed by atoms with E-state index in [4.69, 9.17) is 9.47 Å². The number of aliphatic hydroxyl groups is 1. The molecule has 0 fully saturated rings. The summed E-state index contributed by atoms with van der Waals surface area (Å²) in [7, 11) is 3.16. The molecule has 7 heteroatoms. The summed E-state index contributed by atoms with van der Waals surface area (Å²) in [5.74, 6) is 7.14. The van der Waals surface area contributed by atoms with E-state index in [-0.39, 0.29) is 0 Å². The topological polar surface area (TPSA) is 72.6 Å². The smallest absolute Gasteiger partial charge is 0.256 e. The van der Waals surface area contributed by atoms with Gasteiger partial charge in [-0.3, -0.25) is 4.68 Å². The van der Waals surface area contributed by atoms with E-state index in [1.807, 2.05) is 36.2 Å². The van der Waals surface area contributed by atoms with Crippen molar-refractivity contribution in [1.29, 1.82) is 0 Å². The van der Waals surface area contributed by atoms with Gasteiger partial charge < -0.3 is 19.5 Å². The molecule has 3 aromatic rings. The zero-order chi connectivity index (χ0) is 21.1. The molecule has 1 atom stereocenters. The zero-order valence-corrected chi connectivity index (χ0v) is 17.3. The van der Waals surface area contributed by atoms with Crippen molar-refractivity contribution in [2.45, 2.75) is 32.7 Å². The van der Waals surface area contributed by atoms with Crippen molar-refractivity contribution in [2.24, 2.45) is 0 Å². The summed E-state index contributed by atoms with van der Waals surface area (Å²) in [4.78, 5) is 6.25. The molecule has 7 nitrogen and oxygen atoms in total. The lowest BCUT2D eigenvalue weighted by atomic mass is 10.0. The number of anilines is 1. The Morgan fingerprint density at radius 1 is 1.13 bits per heavy atom. The maximum Gasteiger partial charge on any atom is 0.256 e. The van der Waals surface area contributed by atoms with E-state index in [2.05, 4.69) is 28.0 Å². The van der Waals surface area contributed by atoms with Crippen LogP contribution in [0.1, 0.15) is 30.7 Å². The van der Waals surface area contributed by atoms with Crippen LogP contribution >= 0.6 is 0 Å². The molecule has 0 saturated carbocycles. The van der Waals surface area contributed by atoms with Gasteiger partial charge in [-0.1, -0.05) is 25.0 Å². The molecule has 0 amide bonds. The van der Waals surface area contributed by atoms with E-state index in [0.717, 1.165) is 34.4 Å². The monoisotopic (exact) mass is 404 g/mol. The Balaban J connectivity index is 1.58. The summed E-state index contributed by atoms with van der Waals surface area (Å²) in [6.45, 7) is 3.16. The predicted molar refractivity (Wildman–Crippen MR) is 114 cm³/mol. The second kappa shape index (κ2) is 8.47. The van der Waals surface area contributed by atoms with Gasteiger partial charge in [-0.25, -0.2) is 4.98 Å². The van der Waals surface area contributed by atoms with Gasteiger partial charge in [-0.05, 0) is 23.3 Å². The number of methoxy groups -OCH3 is 2. The minimum absolute atomic E-state index is 0.449. The predicted octanol–water partition coefficient (Wildman–Crippen LogP) is 3.39. The number of benzene rings is 1. The van der Waals surface area contributed by atoms with Crippen LogP contribution in [0.2, 0.25) is 0 Å². The minimum Gasteiger partial charge on any atom is -0.491 e. The third kappa shape index (κ3) is 3.70. The van der Waals surface area contributed by atoms with Crippen LogP contribution in [0, 0.1) is 11.8 Å². The Bertz CT molecular complexity index is 1110. The Kier molecular flexibility index (Phi) is 5.59. The quantitative estimate of drug-likeness (QED) is 0.658. The summed E-state index contributed by atoms with van der Waals surface area (Å²) in [5.41, 5.74) is 4.75. The van der Waals surface area contributed by atoms with Crippen molar-refractivity contribution in [2.75, 3.05) is 19.1 Å². The lowest BCUT2D eigenvalue weighted by molar-refractivity contribution is 0.181. The minimum atomic E-state index is -0.711. The van der Waals surface area contributed by atoms with E-state index in [0.29, 0.717) is 24.7 Å². The molecule has 0 saturated heterocycles. The van der Waals surface area contributed by atoms with Gasteiger partial charge in [0.2, 0.25) is 0 Å². The van der Waals surface area contributed by atoms with E-state index in [1.54, 1.807) is 31.3 Å². The van der Waals surface area contributed by atoms with Crippen LogP contribution < -0.4 is 14.4 Å². The van der Waals surface area contributed by atoms with Crippen LogP contribution in [-0.4, -0.2) is 34.1 Å². The molecule has 3 heterocycles. The number of aliphatic hydroxyl groups excluding tert-OH is 1. The first-order chi connectivity index (χ1) is 14.6. The van der Waals surface area contributed by atoms with Crippen molar-refractivity contribution < 1.29 is 14.6 Å². The first-order valence-electron chi connectivity index (χ1n) is 9.78. The van der Waals surface area contributed by atoms with Gasteiger partial charge in [0.05, 0.1) is 26.1 Å². The Morgan fingerprint density at radius 3 is 2.77 bits per heavy atom.